The summed E-state index contributed by atoms with van der Waals surface area (Å²) in [6.07, 6.45) is 4.38. The molecule has 0 bridgehead atoms. The zero-order valence-electron chi connectivity index (χ0n) is 17.5. The highest BCUT2D eigenvalue weighted by Crippen LogP contribution is 2.42. The summed E-state index contributed by atoms with van der Waals surface area (Å²) in [5.74, 6) is 1.32. The Balaban J connectivity index is 1.70. The normalized spacial score (nSPS) is 16.6. The van der Waals surface area contributed by atoms with E-state index in [0.717, 1.165) is 28.8 Å². The number of hydrogen-bond donors (Lipinski definition) is 1. The van der Waals surface area contributed by atoms with Crippen LogP contribution >= 0.6 is 11.3 Å². The van der Waals surface area contributed by atoms with Gasteiger partial charge in [0, 0.05) is 16.6 Å². The molecule has 0 saturated heterocycles. The first-order chi connectivity index (χ1) is 13.8. The van der Waals surface area contributed by atoms with Gasteiger partial charge in [-0.25, -0.2) is 4.98 Å². The molecule has 0 spiro atoms. The van der Waals surface area contributed by atoms with Gasteiger partial charge in [-0.3, -0.25) is 4.79 Å². The van der Waals surface area contributed by atoms with Gasteiger partial charge in [0.2, 0.25) is 5.78 Å². The van der Waals surface area contributed by atoms with Crippen molar-refractivity contribution in [3.63, 3.8) is 0 Å². The molecule has 0 unspecified atom stereocenters. The van der Waals surface area contributed by atoms with Crippen LogP contribution in [0, 0.1) is 11.3 Å². The minimum atomic E-state index is -0.0592. The van der Waals surface area contributed by atoms with Crippen molar-refractivity contribution in [1.82, 2.24) is 4.98 Å². The average Bonchev–Trinajstić information content (AvgIpc) is 3.06. The first kappa shape index (κ1) is 19.9. The molecule has 0 fully saturated rings. The second kappa shape index (κ2) is 7.45. The van der Waals surface area contributed by atoms with Crippen LogP contribution < -0.4 is 10.5 Å². The van der Waals surface area contributed by atoms with Gasteiger partial charge in [-0.2, -0.15) is 0 Å². The second-order valence-corrected chi connectivity index (χ2v) is 9.63. The zero-order valence-corrected chi connectivity index (χ0v) is 18.4. The first-order valence-corrected chi connectivity index (χ1v) is 11.0. The maximum absolute atomic E-state index is 13.0. The Morgan fingerprint density at radius 3 is 2.69 bits per heavy atom. The zero-order chi connectivity index (χ0) is 20.8. The highest BCUT2D eigenvalue weighted by atomic mass is 32.1. The van der Waals surface area contributed by atoms with Gasteiger partial charge in [-0.15, -0.1) is 11.3 Å². The molecule has 29 heavy (non-hydrogen) atoms. The Bertz CT molecular complexity index is 1070. The number of nitrogen functional groups attached to an aromatic ring is 1. The number of anilines is 1. The van der Waals surface area contributed by atoms with Crippen LogP contribution in [-0.4, -0.2) is 17.9 Å². The number of methoxy groups -OCH3 is 1. The predicted molar refractivity (Wildman–Crippen MR) is 120 cm³/mol. The number of rotatable bonds is 5. The largest absolute Gasteiger partial charge is 0.497 e. The number of benzene rings is 1. The number of hydrogen-bond acceptors (Lipinski definition) is 5. The lowest BCUT2D eigenvalue weighted by molar-refractivity contribution is 0.104. The van der Waals surface area contributed by atoms with Crippen molar-refractivity contribution in [2.24, 2.45) is 11.3 Å². The third-order valence-electron chi connectivity index (χ3n) is 6.66. The molecule has 1 aromatic carbocycles. The number of aryl methyl sites for hydroxylation is 1. The minimum Gasteiger partial charge on any atom is -0.497 e. The van der Waals surface area contributed by atoms with Gasteiger partial charge < -0.3 is 10.5 Å². The van der Waals surface area contributed by atoms with E-state index in [2.05, 4.69) is 26.8 Å². The van der Waals surface area contributed by atoms with Gasteiger partial charge >= 0.3 is 0 Å². The fourth-order valence-electron chi connectivity index (χ4n) is 4.19. The molecule has 2 aromatic heterocycles. The van der Waals surface area contributed by atoms with Gasteiger partial charge in [0.05, 0.1) is 12.8 Å². The fourth-order valence-corrected chi connectivity index (χ4v) is 5.25. The summed E-state index contributed by atoms with van der Waals surface area (Å²) in [6.45, 7) is 6.99. The first-order valence-electron chi connectivity index (χ1n) is 10.2. The standard InChI is InChI=1S/C24H28N2O2S/c1-5-24(2,3)16-8-11-19-15(12-16)13-18-20(25)22(29-23(18)26-19)21(27)14-6-9-17(28-4)10-7-14/h6-7,9-10,13,16H,5,8,11-12,25H2,1-4H3/t16-/m0/s1. The topological polar surface area (TPSA) is 65.2 Å². The molecule has 1 aliphatic rings. The van der Waals surface area contributed by atoms with Crippen LogP contribution in [0.2, 0.25) is 0 Å². The van der Waals surface area contributed by atoms with Crippen molar-refractivity contribution < 1.29 is 9.53 Å². The van der Waals surface area contributed by atoms with Crippen LogP contribution in [0.1, 0.15) is 60.1 Å². The summed E-state index contributed by atoms with van der Waals surface area (Å²) in [6, 6.07) is 9.33. The van der Waals surface area contributed by atoms with E-state index in [-0.39, 0.29) is 5.78 Å². The molecule has 152 valence electrons. The van der Waals surface area contributed by atoms with E-state index in [1.54, 1.807) is 31.4 Å². The van der Waals surface area contributed by atoms with Gasteiger partial charge in [0.15, 0.2) is 0 Å². The molecule has 0 amide bonds. The van der Waals surface area contributed by atoms with Crippen LogP contribution in [0.25, 0.3) is 10.2 Å². The number of nitrogens with two attached hydrogens (primary N) is 1. The molecule has 0 saturated carbocycles. The van der Waals surface area contributed by atoms with Gasteiger partial charge in [-0.1, -0.05) is 27.2 Å². The van der Waals surface area contributed by atoms with Gasteiger partial charge in [0.25, 0.3) is 0 Å². The number of pyridine rings is 1. The Morgan fingerprint density at radius 1 is 1.31 bits per heavy atom. The number of thiophene rings is 1. The van der Waals surface area contributed by atoms with Crippen molar-refractivity contribution in [3.8, 4) is 5.75 Å². The molecule has 4 rings (SSSR count). The van der Waals surface area contributed by atoms with Gasteiger partial charge in [0.1, 0.15) is 15.5 Å². The number of carbonyl (C=O) groups excluding carboxylic acids is 1. The average molecular weight is 409 g/mol. The van der Waals surface area contributed by atoms with Gasteiger partial charge in [-0.05, 0) is 66.5 Å². The molecule has 1 aliphatic carbocycles. The van der Waals surface area contributed by atoms with Crippen molar-refractivity contribution in [3.05, 3.63) is 52.0 Å². The second-order valence-electron chi connectivity index (χ2n) is 8.63. The summed E-state index contributed by atoms with van der Waals surface area (Å²) in [5, 5.41) is 0.917. The van der Waals surface area contributed by atoms with E-state index in [0.29, 0.717) is 27.5 Å². The Kier molecular flexibility index (Phi) is 5.11. The number of nitrogens with zero attached hydrogens (tertiary/aromatic N) is 1. The maximum Gasteiger partial charge on any atom is 0.205 e. The minimum absolute atomic E-state index is 0.0592. The molecule has 2 heterocycles. The summed E-state index contributed by atoms with van der Waals surface area (Å²) < 4.78 is 5.18. The summed E-state index contributed by atoms with van der Waals surface area (Å²) >= 11 is 1.40. The lowest BCUT2D eigenvalue weighted by Crippen LogP contribution is -2.29. The van der Waals surface area contributed by atoms with Crippen LogP contribution in [0.5, 0.6) is 5.75 Å². The molecule has 0 aliphatic heterocycles. The van der Waals surface area contributed by atoms with Crippen molar-refractivity contribution in [2.75, 3.05) is 12.8 Å². The molecule has 1 atom stereocenters. The van der Waals surface area contributed by atoms with E-state index < -0.39 is 0 Å². The van der Waals surface area contributed by atoms with E-state index >= 15 is 0 Å². The SMILES string of the molecule is CCC(C)(C)[C@H]1CCc2nc3sc(C(=O)c4ccc(OC)cc4)c(N)c3cc2C1. The number of ether oxygens (including phenoxy) is 1. The maximum atomic E-state index is 13.0. The van der Waals surface area contributed by atoms with Crippen LogP contribution in [-0.2, 0) is 12.8 Å². The van der Waals surface area contributed by atoms with E-state index in [1.807, 2.05) is 0 Å². The fraction of sp³-hybridized carbons (Fsp3) is 0.417. The van der Waals surface area contributed by atoms with Crippen LogP contribution in [0.15, 0.2) is 30.3 Å². The molecule has 2 N–H and O–H groups in total. The summed E-state index contributed by atoms with van der Waals surface area (Å²) in [7, 11) is 1.61. The third-order valence-corrected chi connectivity index (χ3v) is 7.77. The van der Waals surface area contributed by atoms with E-state index in [4.69, 9.17) is 15.5 Å². The highest BCUT2D eigenvalue weighted by Gasteiger charge is 2.32. The Labute approximate surface area is 176 Å². The number of ketones is 1. The summed E-state index contributed by atoms with van der Waals surface area (Å²) in [4.78, 5) is 19.4. The number of fused-ring (bicyclic) bond motifs is 2. The van der Waals surface area contributed by atoms with Crippen molar-refractivity contribution >= 4 is 33.0 Å². The molecule has 3 aromatic rings. The van der Waals surface area contributed by atoms with Crippen molar-refractivity contribution in [2.45, 2.75) is 46.5 Å². The lowest BCUT2D eigenvalue weighted by Gasteiger charge is -2.36. The molecule has 4 nitrogen and oxygen atoms in total. The smallest absolute Gasteiger partial charge is 0.205 e. The Morgan fingerprint density at radius 2 is 2.03 bits per heavy atom. The monoisotopic (exact) mass is 408 g/mol. The number of aromatic nitrogens is 1. The third kappa shape index (κ3) is 3.52. The Hall–Kier alpha value is -2.40. The summed E-state index contributed by atoms with van der Waals surface area (Å²) in [5.41, 5.74) is 10.4. The number of carbonyl (C=O) groups is 1. The highest BCUT2D eigenvalue weighted by molar-refractivity contribution is 7.21. The lowest BCUT2D eigenvalue weighted by atomic mass is 9.69. The van der Waals surface area contributed by atoms with E-state index in [1.165, 1.54) is 35.4 Å². The quantitative estimate of drug-likeness (QED) is 0.553. The van der Waals surface area contributed by atoms with Crippen molar-refractivity contribution in [1.29, 1.82) is 0 Å². The molecular weight excluding hydrogens is 380 g/mol. The predicted octanol–water partition coefficient (Wildman–Crippen LogP) is 5.66. The molecule has 0 radical (unpaired) electrons. The molecule has 5 heteroatoms. The van der Waals surface area contributed by atoms with E-state index in [9.17, 15) is 4.79 Å². The molecular formula is C24H28N2O2S. The van der Waals surface area contributed by atoms with Crippen LogP contribution in [0.4, 0.5) is 5.69 Å². The van der Waals surface area contributed by atoms with Crippen LogP contribution in [0.3, 0.4) is 0 Å².